The fraction of sp³-hybridized carbons (Fsp3) is 0.269. The standard InChI is InChI=1S/C26H24F3N5O3S/c1-37-15-19-4-3-13-34(19)38(35,36)20-9-7-18(8-10-20)33-25-21-11-6-17(14-23(21)31-16-32-25)24-22(26(27,28)29)5-2-12-30-24/h2,5-12,14,16,19H,3-4,13,15H2,1H3,(H,31,32,33)/t19-/m1/s1. The quantitative estimate of drug-likeness (QED) is 0.340. The molecule has 2 aromatic carbocycles. The highest BCUT2D eigenvalue weighted by Crippen LogP contribution is 2.37. The summed E-state index contributed by atoms with van der Waals surface area (Å²) in [7, 11) is -2.11. The van der Waals surface area contributed by atoms with Gasteiger partial charge in [0.2, 0.25) is 10.0 Å². The van der Waals surface area contributed by atoms with Gasteiger partial charge in [-0.3, -0.25) is 4.98 Å². The van der Waals surface area contributed by atoms with Crippen LogP contribution in [-0.4, -0.2) is 54.0 Å². The van der Waals surface area contributed by atoms with Crippen LogP contribution in [0.3, 0.4) is 0 Å². The van der Waals surface area contributed by atoms with Gasteiger partial charge < -0.3 is 10.1 Å². The molecule has 0 radical (unpaired) electrons. The maximum Gasteiger partial charge on any atom is 0.418 e. The Morgan fingerprint density at radius 1 is 1.08 bits per heavy atom. The molecule has 0 spiro atoms. The second-order valence-electron chi connectivity index (χ2n) is 8.87. The minimum atomic E-state index is -4.55. The SMILES string of the molecule is COC[C@H]1CCCN1S(=O)(=O)c1ccc(Nc2ncnc3cc(-c4ncccc4C(F)(F)F)ccc23)cc1. The van der Waals surface area contributed by atoms with E-state index in [1.54, 1.807) is 25.3 Å². The average Bonchev–Trinajstić information content (AvgIpc) is 3.38. The first kappa shape index (κ1) is 26.0. The van der Waals surface area contributed by atoms with Gasteiger partial charge in [0, 0.05) is 42.5 Å². The van der Waals surface area contributed by atoms with E-state index in [1.807, 2.05) is 0 Å². The van der Waals surface area contributed by atoms with E-state index in [0.29, 0.717) is 35.6 Å². The van der Waals surface area contributed by atoms with Crippen LogP contribution >= 0.6 is 0 Å². The molecule has 1 atom stereocenters. The second kappa shape index (κ2) is 10.3. The van der Waals surface area contributed by atoms with Crippen molar-refractivity contribution >= 4 is 32.4 Å². The summed E-state index contributed by atoms with van der Waals surface area (Å²) in [6.45, 7) is 0.799. The third kappa shape index (κ3) is 5.06. The Hall–Kier alpha value is -3.61. The predicted molar refractivity (Wildman–Crippen MR) is 136 cm³/mol. The summed E-state index contributed by atoms with van der Waals surface area (Å²) in [5.41, 5.74) is 0.281. The zero-order valence-corrected chi connectivity index (χ0v) is 21.1. The van der Waals surface area contributed by atoms with Crippen LogP contribution in [0.4, 0.5) is 24.7 Å². The van der Waals surface area contributed by atoms with Crippen molar-refractivity contribution in [1.29, 1.82) is 0 Å². The molecule has 1 N–H and O–H groups in total. The fourth-order valence-electron chi connectivity index (χ4n) is 4.63. The number of aromatic nitrogens is 3. The Bertz CT molecular complexity index is 1560. The molecule has 0 saturated carbocycles. The van der Waals surface area contributed by atoms with Gasteiger partial charge in [0.15, 0.2) is 0 Å². The molecule has 1 saturated heterocycles. The molecule has 5 rings (SSSR count). The normalized spacial score (nSPS) is 16.7. The third-order valence-electron chi connectivity index (χ3n) is 6.43. The van der Waals surface area contributed by atoms with Crippen molar-refractivity contribution in [3.05, 3.63) is 72.7 Å². The van der Waals surface area contributed by atoms with Gasteiger partial charge in [-0.05, 0) is 61.4 Å². The van der Waals surface area contributed by atoms with Crippen molar-refractivity contribution in [2.75, 3.05) is 25.6 Å². The molecule has 8 nitrogen and oxygen atoms in total. The maximum atomic E-state index is 13.5. The van der Waals surface area contributed by atoms with Crippen LogP contribution in [0.15, 0.2) is 72.0 Å². The zero-order valence-electron chi connectivity index (χ0n) is 20.3. The van der Waals surface area contributed by atoms with Crippen LogP contribution in [0.5, 0.6) is 0 Å². The molecule has 2 aromatic heterocycles. The minimum absolute atomic E-state index is 0.180. The van der Waals surface area contributed by atoms with Crippen LogP contribution < -0.4 is 5.32 Å². The molecule has 1 aliphatic rings. The van der Waals surface area contributed by atoms with Gasteiger partial charge in [0.1, 0.15) is 12.1 Å². The van der Waals surface area contributed by atoms with E-state index >= 15 is 0 Å². The highest BCUT2D eigenvalue weighted by Gasteiger charge is 2.35. The number of nitrogens with one attached hydrogen (secondary N) is 1. The van der Waals surface area contributed by atoms with Crippen LogP contribution in [0, 0.1) is 0 Å². The number of anilines is 2. The number of sulfonamides is 1. The summed E-state index contributed by atoms with van der Waals surface area (Å²) >= 11 is 0. The molecule has 0 bridgehead atoms. The molecular weight excluding hydrogens is 519 g/mol. The van der Waals surface area contributed by atoms with E-state index in [2.05, 4.69) is 20.3 Å². The van der Waals surface area contributed by atoms with Crippen molar-refractivity contribution in [2.45, 2.75) is 30.0 Å². The summed E-state index contributed by atoms with van der Waals surface area (Å²) in [6.07, 6.45) is -0.386. The number of halogens is 3. The summed E-state index contributed by atoms with van der Waals surface area (Å²) in [5, 5.41) is 3.72. The lowest BCUT2D eigenvalue weighted by molar-refractivity contribution is -0.137. The first-order valence-electron chi connectivity index (χ1n) is 11.8. The Labute approximate surface area is 217 Å². The number of benzene rings is 2. The number of ether oxygens (including phenoxy) is 1. The van der Waals surface area contributed by atoms with Crippen molar-refractivity contribution < 1.29 is 26.3 Å². The summed E-state index contributed by atoms with van der Waals surface area (Å²) in [6, 6.07) is 13.1. The van der Waals surface area contributed by atoms with Gasteiger partial charge >= 0.3 is 6.18 Å². The van der Waals surface area contributed by atoms with Gasteiger partial charge in [-0.1, -0.05) is 6.07 Å². The number of pyridine rings is 1. The van der Waals surface area contributed by atoms with Crippen LogP contribution in [-0.2, 0) is 20.9 Å². The first-order valence-corrected chi connectivity index (χ1v) is 13.3. The van der Waals surface area contributed by atoms with Crippen molar-refractivity contribution in [3.8, 4) is 11.3 Å². The molecule has 4 aromatic rings. The molecule has 0 amide bonds. The number of rotatable bonds is 7. The van der Waals surface area contributed by atoms with E-state index in [0.717, 1.165) is 18.9 Å². The number of fused-ring (bicyclic) bond motifs is 1. The number of nitrogens with zero attached hydrogens (tertiary/aromatic N) is 4. The van der Waals surface area contributed by atoms with Crippen LogP contribution in [0.25, 0.3) is 22.2 Å². The number of methoxy groups -OCH3 is 1. The van der Waals surface area contributed by atoms with Gasteiger partial charge in [0.25, 0.3) is 0 Å². The van der Waals surface area contributed by atoms with Gasteiger partial charge in [0.05, 0.1) is 28.3 Å². The number of hydrogen-bond donors (Lipinski definition) is 1. The maximum absolute atomic E-state index is 13.5. The van der Waals surface area contributed by atoms with Crippen LogP contribution in [0.1, 0.15) is 18.4 Å². The monoisotopic (exact) mass is 543 g/mol. The third-order valence-corrected chi connectivity index (χ3v) is 8.39. The first-order chi connectivity index (χ1) is 18.2. The Morgan fingerprint density at radius 2 is 1.87 bits per heavy atom. The molecule has 3 heterocycles. The van der Waals surface area contributed by atoms with Crippen molar-refractivity contribution in [1.82, 2.24) is 19.3 Å². The lowest BCUT2D eigenvalue weighted by Crippen LogP contribution is -2.38. The minimum Gasteiger partial charge on any atom is -0.383 e. The average molecular weight is 544 g/mol. The van der Waals surface area contributed by atoms with Crippen molar-refractivity contribution in [3.63, 3.8) is 0 Å². The van der Waals surface area contributed by atoms with E-state index < -0.39 is 21.8 Å². The van der Waals surface area contributed by atoms with E-state index in [4.69, 9.17) is 4.74 Å². The lowest BCUT2D eigenvalue weighted by Gasteiger charge is -2.23. The molecule has 0 aliphatic carbocycles. The Kier molecular flexibility index (Phi) is 7.03. The molecule has 38 heavy (non-hydrogen) atoms. The summed E-state index contributed by atoms with van der Waals surface area (Å²) in [4.78, 5) is 12.6. The van der Waals surface area contributed by atoms with Crippen molar-refractivity contribution in [2.24, 2.45) is 0 Å². The fourth-order valence-corrected chi connectivity index (χ4v) is 6.31. The van der Waals surface area contributed by atoms with E-state index in [9.17, 15) is 21.6 Å². The second-order valence-corrected chi connectivity index (χ2v) is 10.8. The Balaban J connectivity index is 1.41. The van der Waals surface area contributed by atoms with Gasteiger partial charge in [-0.25, -0.2) is 18.4 Å². The van der Waals surface area contributed by atoms with E-state index in [-0.39, 0.29) is 22.2 Å². The Morgan fingerprint density at radius 3 is 2.61 bits per heavy atom. The molecule has 198 valence electrons. The molecular formula is C26H24F3N5O3S. The number of alkyl halides is 3. The zero-order chi connectivity index (χ0) is 26.9. The molecule has 0 unspecified atom stereocenters. The highest BCUT2D eigenvalue weighted by atomic mass is 32.2. The van der Waals surface area contributed by atoms with Gasteiger partial charge in [-0.2, -0.15) is 17.5 Å². The van der Waals surface area contributed by atoms with Gasteiger partial charge in [-0.15, -0.1) is 0 Å². The largest absolute Gasteiger partial charge is 0.418 e. The highest BCUT2D eigenvalue weighted by molar-refractivity contribution is 7.89. The molecule has 12 heteroatoms. The van der Waals surface area contributed by atoms with E-state index in [1.165, 1.54) is 47.2 Å². The molecule has 1 aliphatic heterocycles. The van der Waals surface area contributed by atoms with Crippen LogP contribution in [0.2, 0.25) is 0 Å². The lowest BCUT2D eigenvalue weighted by atomic mass is 10.0. The topological polar surface area (TPSA) is 97.3 Å². The number of hydrogen-bond acceptors (Lipinski definition) is 7. The smallest absolute Gasteiger partial charge is 0.383 e. The summed E-state index contributed by atoms with van der Waals surface area (Å²) in [5.74, 6) is 0.425. The summed E-state index contributed by atoms with van der Waals surface area (Å²) < 4.78 is 73.4. The molecule has 1 fully saturated rings. The predicted octanol–water partition coefficient (Wildman–Crippen LogP) is 5.25.